The Morgan fingerprint density at radius 3 is 2.56 bits per heavy atom. The molecule has 0 fully saturated rings. The van der Waals surface area contributed by atoms with Crippen LogP contribution in [-0.4, -0.2) is 15.3 Å². The highest BCUT2D eigenvalue weighted by Crippen LogP contribution is 2.29. The van der Waals surface area contributed by atoms with Gasteiger partial charge in [-0.2, -0.15) is 0 Å². The molecule has 0 saturated heterocycles. The normalized spacial score (nSPS) is 12.6. The van der Waals surface area contributed by atoms with Crippen molar-refractivity contribution >= 4 is 10.9 Å². The molecular weight excluding hydrogens is 229 g/mol. The number of nitrogens with zero attached hydrogens (tertiary/aromatic N) is 1. The molecule has 0 atom stereocenters. The summed E-state index contributed by atoms with van der Waals surface area (Å²) in [6.07, 6.45) is 2.48. The Labute approximate surface area is 107 Å². The van der Waals surface area contributed by atoms with Crippen LogP contribution in [0.5, 0.6) is 0 Å². The fourth-order valence-electron chi connectivity index (χ4n) is 2.35. The first-order chi connectivity index (χ1) is 8.29. The molecule has 1 N–H and O–H groups in total. The number of aromatic nitrogens is 1. The van der Waals surface area contributed by atoms with Gasteiger partial charge in [-0.3, -0.25) is 0 Å². The predicted octanol–water partition coefficient (Wildman–Crippen LogP) is 3.67. The number of benzene rings is 1. The summed E-state index contributed by atoms with van der Waals surface area (Å²) < 4.78 is 15.9. The predicted molar refractivity (Wildman–Crippen MR) is 72.3 cm³/mol. The molecule has 1 heterocycles. The van der Waals surface area contributed by atoms with Crippen molar-refractivity contribution in [1.29, 1.82) is 0 Å². The molecule has 2 aromatic rings. The van der Waals surface area contributed by atoms with Crippen LogP contribution in [0.4, 0.5) is 4.39 Å². The number of hydrogen-bond donors (Lipinski definition) is 1. The quantitative estimate of drug-likeness (QED) is 0.882. The molecule has 0 radical (unpaired) electrons. The zero-order valence-corrected chi connectivity index (χ0v) is 11.4. The van der Waals surface area contributed by atoms with Crippen LogP contribution < -0.4 is 0 Å². The van der Waals surface area contributed by atoms with Crippen LogP contribution in [0.1, 0.15) is 39.3 Å². The Kier molecular flexibility index (Phi) is 3.20. The van der Waals surface area contributed by atoms with E-state index in [-0.39, 0.29) is 11.9 Å². The summed E-state index contributed by atoms with van der Waals surface area (Å²) in [6.45, 7) is 7.59. The third-order valence-corrected chi connectivity index (χ3v) is 3.07. The first kappa shape index (κ1) is 13.1. The van der Waals surface area contributed by atoms with Crippen molar-refractivity contribution in [2.24, 2.45) is 0 Å². The summed E-state index contributed by atoms with van der Waals surface area (Å²) in [5, 5.41) is 10.8. The van der Waals surface area contributed by atoms with Crippen molar-refractivity contribution in [3.63, 3.8) is 0 Å². The Hall–Kier alpha value is -1.35. The molecular formula is C15H20FNO. The van der Waals surface area contributed by atoms with Gasteiger partial charge in [-0.1, -0.05) is 12.1 Å². The Balaban J connectivity index is 2.65. The van der Waals surface area contributed by atoms with Crippen LogP contribution in [0.2, 0.25) is 0 Å². The average molecular weight is 249 g/mol. The second kappa shape index (κ2) is 4.39. The summed E-state index contributed by atoms with van der Waals surface area (Å²) in [7, 11) is 0. The average Bonchev–Trinajstić information content (AvgIpc) is 2.56. The molecule has 0 amide bonds. The van der Waals surface area contributed by atoms with Gasteiger partial charge >= 0.3 is 0 Å². The first-order valence-corrected chi connectivity index (χ1v) is 6.30. The summed E-state index contributed by atoms with van der Waals surface area (Å²) >= 11 is 0. The molecule has 98 valence electrons. The van der Waals surface area contributed by atoms with Crippen molar-refractivity contribution in [3.05, 3.63) is 35.8 Å². The zero-order valence-electron chi connectivity index (χ0n) is 11.4. The Bertz CT molecular complexity index is 564. The van der Waals surface area contributed by atoms with Crippen LogP contribution >= 0.6 is 0 Å². The number of hydrogen-bond acceptors (Lipinski definition) is 1. The fourth-order valence-corrected chi connectivity index (χ4v) is 2.35. The highest BCUT2D eigenvalue weighted by Gasteiger charge is 2.19. The van der Waals surface area contributed by atoms with E-state index < -0.39 is 5.60 Å². The maximum Gasteiger partial charge on any atom is 0.147 e. The van der Waals surface area contributed by atoms with Gasteiger partial charge in [0.15, 0.2) is 0 Å². The lowest BCUT2D eigenvalue weighted by Gasteiger charge is -2.16. The van der Waals surface area contributed by atoms with E-state index in [1.165, 1.54) is 6.07 Å². The maximum absolute atomic E-state index is 14.0. The van der Waals surface area contributed by atoms with E-state index in [1.54, 1.807) is 19.9 Å². The number of halogens is 1. The van der Waals surface area contributed by atoms with Crippen LogP contribution in [0.3, 0.4) is 0 Å². The monoisotopic (exact) mass is 249 g/mol. The minimum Gasteiger partial charge on any atom is -0.390 e. The van der Waals surface area contributed by atoms with Crippen LogP contribution in [0.15, 0.2) is 24.4 Å². The van der Waals surface area contributed by atoms with Gasteiger partial charge in [0.05, 0.1) is 11.1 Å². The standard InChI is InChI=1S/C15H20FNO/c1-10(2)17-9-11(8-15(3,4)18)12-6-5-7-13(16)14(12)17/h5-7,9-10,18H,8H2,1-4H3. The van der Waals surface area contributed by atoms with E-state index >= 15 is 0 Å². The largest absolute Gasteiger partial charge is 0.390 e. The van der Waals surface area contributed by atoms with Gasteiger partial charge in [0.25, 0.3) is 0 Å². The van der Waals surface area contributed by atoms with E-state index in [2.05, 4.69) is 0 Å². The molecule has 2 nitrogen and oxygen atoms in total. The summed E-state index contributed by atoms with van der Waals surface area (Å²) in [5.41, 5.74) is 0.833. The maximum atomic E-state index is 14.0. The molecule has 18 heavy (non-hydrogen) atoms. The molecule has 1 aromatic heterocycles. The van der Waals surface area contributed by atoms with Crippen molar-refractivity contribution in [3.8, 4) is 0 Å². The van der Waals surface area contributed by atoms with Gasteiger partial charge in [0.2, 0.25) is 0 Å². The molecule has 0 aliphatic carbocycles. The molecule has 3 heteroatoms. The molecule has 0 spiro atoms. The van der Waals surface area contributed by atoms with Gasteiger partial charge in [0, 0.05) is 24.0 Å². The third kappa shape index (κ3) is 2.41. The summed E-state index contributed by atoms with van der Waals surface area (Å²) in [6, 6.07) is 5.31. The lowest BCUT2D eigenvalue weighted by molar-refractivity contribution is 0.0813. The zero-order chi connectivity index (χ0) is 13.5. The van der Waals surface area contributed by atoms with Gasteiger partial charge in [-0.05, 0) is 39.3 Å². The minimum absolute atomic E-state index is 0.194. The van der Waals surface area contributed by atoms with Crippen molar-refractivity contribution in [2.75, 3.05) is 0 Å². The lowest BCUT2D eigenvalue weighted by atomic mass is 9.98. The summed E-state index contributed by atoms with van der Waals surface area (Å²) in [4.78, 5) is 0. The van der Waals surface area contributed by atoms with Gasteiger partial charge in [-0.25, -0.2) is 4.39 Å². The molecule has 0 aliphatic heterocycles. The lowest BCUT2D eigenvalue weighted by Crippen LogP contribution is -2.21. The minimum atomic E-state index is -0.789. The number of fused-ring (bicyclic) bond motifs is 1. The molecule has 2 rings (SSSR count). The molecule has 0 saturated carbocycles. The fraction of sp³-hybridized carbons (Fsp3) is 0.467. The Morgan fingerprint density at radius 2 is 2.00 bits per heavy atom. The van der Waals surface area contributed by atoms with E-state index in [0.717, 1.165) is 10.9 Å². The summed E-state index contributed by atoms with van der Waals surface area (Å²) in [5.74, 6) is -0.205. The number of rotatable bonds is 3. The van der Waals surface area contributed by atoms with Crippen LogP contribution in [0, 0.1) is 5.82 Å². The van der Waals surface area contributed by atoms with E-state index in [4.69, 9.17) is 0 Å². The van der Waals surface area contributed by atoms with E-state index in [0.29, 0.717) is 11.9 Å². The van der Waals surface area contributed by atoms with Crippen LogP contribution in [-0.2, 0) is 6.42 Å². The number of aliphatic hydroxyl groups is 1. The SMILES string of the molecule is CC(C)n1cc(CC(C)(C)O)c2cccc(F)c21. The first-order valence-electron chi connectivity index (χ1n) is 6.30. The highest BCUT2D eigenvalue weighted by molar-refractivity contribution is 5.84. The van der Waals surface area contributed by atoms with Gasteiger partial charge in [-0.15, -0.1) is 0 Å². The van der Waals surface area contributed by atoms with Crippen LogP contribution in [0.25, 0.3) is 10.9 Å². The van der Waals surface area contributed by atoms with E-state index in [1.807, 2.05) is 30.7 Å². The molecule has 1 aromatic carbocycles. The Morgan fingerprint density at radius 1 is 1.33 bits per heavy atom. The van der Waals surface area contributed by atoms with E-state index in [9.17, 15) is 9.50 Å². The third-order valence-electron chi connectivity index (χ3n) is 3.07. The second-order valence-electron chi connectivity index (χ2n) is 5.78. The second-order valence-corrected chi connectivity index (χ2v) is 5.78. The number of para-hydroxylation sites is 1. The molecule has 0 bridgehead atoms. The van der Waals surface area contributed by atoms with Gasteiger partial charge < -0.3 is 9.67 Å². The van der Waals surface area contributed by atoms with Crippen molar-refractivity contribution < 1.29 is 9.50 Å². The van der Waals surface area contributed by atoms with Crippen molar-refractivity contribution in [2.45, 2.75) is 45.8 Å². The topological polar surface area (TPSA) is 25.2 Å². The smallest absolute Gasteiger partial charge is 0.147 e. The highest BCUT2D eigenvalue weighted by atomic mass is 19.1. The molecule has 0 unspecified atom stereocenters. The molecule has 0 aliphatic rings. The van der Waals surface area contributed by atoms with Gasteiger partial charge in [0.1, 0.15) is 5.82 Å². The van der Waals surface area contributed by atoms with Crippen molar-refractivity contribution in [1.82, 2.24) is 4.57 Å².